The molecule has 2 atom stereocenters. The number of hydrogen-bond donors (Lipinski definition) is 2. The minimum atomic E-state index is -1.50. The third kappa shape index (κ3) is 7.38. The molecule has 0 bridgehead atoms. The van der Waals surface area contributed by atoms with Crippen molar-refractivity contribution in [1.82, 2.24) is 0 Å². The number of hydrogen-bond acceptors (Lipinski definition) is 8. The van der Waals surface area contributed by atoms with E-state index in [-0.39, 0.29) is 17.3 Å². The summed E-state index contributed by atoms with van der Waals surface area (Å²) in [5.74, 6) is 0.561. The average Bonchev–Trinajstić information content (AvgIpc) is 2.84. The van der Waals surface area contributed by atoms with Gasteiger partial charge in [-0.25, -0.2) is 4.79 Å². The molecule has 0 saturated heterocycles. The SMILES string of the molecule is CCCc1c(OCCCCCOc2ccc3c(c2)OC(OC(=O)O)C(C(C)=O)C3)ccc(C(C)=O)c1O. The van der Waals surface area contributed by atoms with Crippen LogP contribution in [0, 0.1) is 5.92 Å². The number of ketones is 2. The number of rotatable bonds is 13. The van der Waals surface area contributed by atoms with E-state index >= 15 is 0 Å². The Kier molecular flexibility index (Phi) is 9.77. The van der Waals surface area contributed by atoms with E-state index in [0.717, 1.165) is 31.2 Å². The first-order valence-corrected chi connectivity index (χ1v) is 12.5. The molecule has 0 saturated carbocycles. The summed E-state index contributed by atoms with van der Waals surface area (Å²) in [4.78, 5) is 34.6. The van der Waals surface area contributed by atoms with Crippen LogP contribution in [0.5, 0.6) is 23.0 Å². The second-order valence-electron chi connectivity index (χ2n) is 9.06. The van der Waals surface area contributed by atoms with Crippen molar-refractivity contribution < 1.29 is 43.5 Å². The van der Waals surface area contributed by atoms with Gasteiger partial charge < -0.3 is 29.2 Å². The topological polar surface area (TPSA) is 129 Å². The van der Waals surface area contributed by atoms with Gasteiger partial charge in [0.05, 0.1) is 24.7 Å². The molecule has 0 aliphatic carbocycles. The number of carbonyl (C=O) groups is 3. The number of ether oxygens (including phenoxy) is 4. The number of Topliss-reactive ketones (excluding diaryl/α,β-unsaturated/α-hetero) is 2. The lowest BCUT2D eigenvalue weighted by Gasteiger charge is -2.30. The van der Waals surface area contributed by atoms with Crippen LogP contribution in [-0.2, 0) is 22.4 Å². The van der Waals surface area contributed by atoms with Crippen LogP contribution in [0.3, 0.4) is 0 Å². The summed E-state index contributed by atoms with van der Waals surface area (Å²) in [6.07, 6.45) is 1.53. The number of unbranched alkanes of at least 4 members (excludes halogenated alkanes) is 2. The first-order chi connectivity index (χ1) is 17.7. The third-order valence-corrected chi connectivity index (χ3v) is 6.22. The number of benzene rings is 2. The highest BCUT2D eigenvalue weighted by Crippen LogP contribution is 2.35. The maximum Gasteiger partial charge on any atom is 0.508 e. The van der Waals surface area contributed by atoms with Crippen LogP contribution < -0.4 is 14.2 Å². The summed E-state index contributed by atoms with van der Waals surface area (Å²) in [6, 6.07) is 8.63. The Labute approximate surface area is 216 Å². The molecule has 9 heteroatoms. The van der Waals surface area contributed by atoms with Crippen LogP contribution in [-0.4, -0.2) is 47.4 Å². The molecule has 0 radical (unpaired) electrons. The Morgan fingerprint density at radius 1 is 1.03 bits per heavy atom. The molecule has 1 aliphatic heterocycles. The highest BCUT2D eigenvalue weighted by Gasteiger charge is 2.36. The van der Waals surface area contributed by atoms with Crippen molar-refractivity contribution in [3.8, 4) is 23.0 Å². The number of fused-ring (bicyclic) bond motifs is 1. The van der Waals surface area contributed by atoms with Gasteiger partial charge in [-0.2, -0.15) is 0 Å². The van der Waals surface area contributed by atoms with Crippen molar-refractivity contribution in [3.05, 3.63) is 47.0 Å². The minimum absolute atomic E-state index is 0.00642. The number of phenolic OH excluding ortho intramolecular Hbond substituents is 1. The van der Waals surface area contributed by atoms with Gasteiger partial charge in [0.25, 0.3) is 6.29 Å². The molecule has 1 aliphatic rings. The molecule has 200 valence electrons. The van der Waals surface area contributed by atoms with E-state index < -0.39 is 18.4 Å². The molecule has 37 heavy (non-hydrogen) atoms. The monoisotopic (exact) mass is 514 g/mol. The van der Waals surface area contributed by atoms with Crippen molar-refractivity contribution in [2.45, 2.75) is 65.6 Å². The summed E-state index contributed by atoms with van der Waals surface area (Å²) in [7, 11) is 0. The minimum Gasteiger partial charge on any atom is -0.507 e. The number of carboxylic acid groups (broad SMARTS) is 1. The number of phenols is 1. The fourth-order valence-corrected chi connectivity index (χ4v) is 4.27. The lowest BCUT2D eigenvalue weighted by Crippen LogP contribution is -2.40. The summed E-state index contributed by atoms with van der Waals surface area (Å²) in [5, 5.41) is 19.4. The first kappa shape index (κ1) is 27.8. The molecule has 9 nitrogen and oxygen atoms in total. The van der Waals surface area contributed by atoms with Gasteiger partial charge in [-0.15, -0.1) is 0 Å². The Bertz CT molecular complexity index is 1120. The summed E-state index contributed by atoms with van der Waals surface area (Å²) in [6.45, 7) is 5.77. The lowest BCUT2D eigenvalue weighted by molar-refractivity contribution is -0.139. The van der Waals surface area contributed by atoms with E-state index in [1.807, 2.05) is 13.0 Å². The van der Waals surface area contributed by atoms with Crippen LogP contribution in [0.2, 0.25) is 0 Å². The molecule has 0 spiro atoms. The van der Waals surface area contributed by atoms with Crippen molar-refractivity contribution in [2.24, 2.45) is 5.92 Å². The van der Waals surface area contributed by atoms with E-state index in [2.05, 4.69) is 0 Å². The van der Waals surface area contributed by atoms with Gasteiger partial charge in [-0.3, -0.25) is 9.59 Å². The van der Waals surface area contributed by atoms with Crippen molar-refractivity contribution in [3.63, 3.8) is 0 Å². The zero-order valence-electron chi connectivity index (χ0n) is 21.5. The average molecular weight is 515 g/mol. The molecule has 0 aromatic heterocycles. The summed E-state index contributed by atoms with van der Waals surface area (Å²) >= 11 is 0. The zero-order chi connectivity index (χ0) is 26.9. The van der Waals surface area contributed by atoms with Gasteiger partial charge in [-0.05, 0) is 69.7 Å². The molecule has 1 heterocycles. The maximum atomic E-state index is 11.9. The molecule has 0 amide bonds. The second-order valence-corrected chi connectivity index (χ2v) is 9.06. The van der Waals surface area contributed by atoms with Crippen LogP contribution in [0.25, 0.3) is 0 Å². The molecule has 2 aromatic carbocycles. The summed E-state index contributed by atoms with van der Waals surface area (Å²) in [5.41, 5.74) is 1.77. The van der Waals surface area contributed by atoms with E-state index in [1.165, 1.54) is 13.8 Å². The molecule has 2 N–H and O–H groups in total. The third-order valence-electron chi connectivity index (χ3n) is 6.22. The van der Waals surface area contributed by atoms with E-state index in [0.29, 0.717) is 54.4 Å². The highest BCUT2D eigenvalue weighted by molar-refractivity contribution is 5.97. The van der Waals surface area contributed by atoms with Gasteiger partial charge in [0, 0.05) is 11.6 Å². The Morgan fingerprint density at radius 3 is 2.41 bits per heavy atom. The van der Waals surface area contributed by atoms with Gasteiger partial charge >= 0.3 is 6.16 Å². The number of aromatic hydroxyl groups is 1. The Balaban J connectivity index is 1.46. The zero-order valence-corrected chi connectivity index (χ0v) is 21.5. The van der Waals surface area contributed by atoms with Crippen molar-refractivity contribution >= 4 is 17.7 Å². The van der Waals surface area contributed by atoms with Crippen LogP contribution in [0.1, 0.15) is 67.9 Å². The van der Waals surface area contributed by atoms with Crippen molar-refractivity contribution in [2.75, 3.05) is 13.2 Å². The molecule has 2 unspecified atom stereocenters. The lowest BCUT2D eigenvalue weighted by atomic mass is 9.92. The molecular formula is C28H34O9. The van der Waals surface area contributed by atoms with E-state index in [9.17, 15) is 19.5 Å². The predicted octanol–water partition coefficient (Wildman–Crippen LogP) is 5.34. The Morgan fingerprint density at radius 2 is 1.76 bits per heavy atom. The predicted molar refractivity (Wildman–Crippen MR) is 135 cm³/mol. The van der Waals surface area contributed by atoms with Crippen LogP contribution in [0.15, 0.2) is 30.3 Å². The van der Waals surface area contributed by atoms with Crippen molar-refractivity contribution in [1.29, 1.82) is 0 Å². The fraction of sp³-hybridized carbons (Fsp3) is 0.464. The molecule has 3 rings (SSSR count). The molecule has 2 aromatic rings. The van der Waals surface area contributed by atoms with E-state index in [1.54, 1.807) is 24.3 Å². The smallest absolute Gasteiger partial charge is 0.507 e. The quantitative estimate of drug-likeness (QED) is 0.207. The molecular weight excluding hydrogens is 480 g/mol. The standard InChI is InChI=1S/C28H34O9/c1-4-8-22-24(12-11-21(17(2)29)26(22)31)35-14-7-5-6-13-34-20-10-9-19-15-23(18(3)30)27(37-28(32)33)36-25(19)16-20/h9-12,16,23,27,31H,4-8,13-15H2,1-3H3,(H,32,33). The fourth-order valence-electron chi connectivity index (χ4n) is 4.27. The Hall–Kier alpha value is -3.75. The van der Waals surface area contributed by atoms with E-state index in [4.69, 9.17) is 24.1 Å². The summed E-state index contributed by atoms with van der Waals surface area (Å²) < 4.78 is 22.1. The maximum absolute atomic E-state index is 11.9. The highest BCUT2D eigenvalue weighted by atomic mass is 16.8. The normalized spacial score (nSPS) is 16.3. The first-order valence-electron chi connectivity index (χ1n) is 12.5. The largest absolute Gasteiger partial charge is 0.508 e. The van der Waals surface area contributed by atoms with Gasteiger partial charge in [0.1, 0.15) is 28.8 Å². The van der Waals surface area contributed by atoms with Gasteiger partial charge in [-0.1, -0.05) is 19.4 Å². The van der Waals surface area contributed by atoms with Gasteiger partial charge in [0.15, 0.2) is 5.78 Å². The molecule has 0 fully saturated rings. The number of carbonyl (C=O) groups excluding carboxylic acids is 2. The van der Waals surface area contributed by atoms with Crippen LogP contribution in [0.4, 0.5) is 4.79 Å². The van der Waals surface area contributed by atoms with Gasteiger partial charge in [0.2, 0.25) is 0 Å². The van der Waals surface area contributed by atoms with Crippen LogP contribution >= 0.6 is 0 Å². The second kappa shape index (κ2) is 13.0.